The van der Waals surface area contributed by atoms with Crippen LogP contribution in [0.1, 0.15) is 28.7 Å². The Morgan fingerprint density at radius 2 is 2.10 bits per heavy atom. The van der Waals surface area contributed by atoms with E-state index in [1.54, 1.807) is 19.1 Å². The van der Waals surface area contributed by atoms with Crippen molar-refractivity contribution in [2.75, 3.05) is 11.1 Å². The molecular weight excluding hydrogens is 259 g/mol. The summed E-state index contributed by atoms with van der Waals surface area (Å²) in [5.41, 5.74) is 7.47. The van der Waals surface area contributed by atoms with E-state index < -0.39 is 5.82 Å². The van der Waals surface area contributed by atoms with Crippen LogP contribution in [-0.4, -0.2) is 16.1 Å². The molecule has 1 aromatic carbocycles. The highest BCUT2D eigenvalue weighted by Gasteiger charge is 2.13. The standard InChI is InChI=1S/C14H15FN4O/c1-3-13-10(6-8(2)18-19-13)14(20)17-9-4-5-12(16)11(15)7-9/h4-7H,3,16H2,1-2H3,(H,17,20). The van der Waals surface area contributed by atoms with Crippen molar-refractivity contribution < 1.29 is 9.18 Å². The van der Waals surface area contributed by atoms with Crippen molar-refractivity contribution >= 4 is 17.3 Å². The lowest BCUT2D eigenvalue weighted by atomic mass is 10.1. The number of hydrogen-bond acceptors (Lipinski definition) is 4. The first-order valence-electron chi connectivity index (χ1n) is 6.21. The fraction of sp³-hybridized carbons (Fsp3) is 0.214. The maximum atomic E-state index is 13.3. The van der Waals surface area contributed by atoms with E-state index in [1.807, 2.05) is 6.92 Å². The van der Waals surface area contributed by atoms with Crippen LogP contribution >= 0.6 is 0 Å². The van der Waals surface area contributed by atoms with Crippen LogP contribution in [0.2, 0.25) is 0 Å². The molecule has 0 unspecified atom stereocenters. The average molecular weight is 274 g/mol. The summed E-state index contributed by atoms with van der Waals surface area (Å²) in [6, 6.07) is 5.79. The molecule has 104 valence electrons. The van der Waals surface area contributed by atoms with Crippen molar-refractivity contribution in [2.24, 2.45) is 0 Å². The zero-order valence-corrected chi connectivity index (χ0v) is 11.3. The van der Waals surface area contributed by atoms with Crippen LogP contribution in [0.25, 0.3) is 0 Å². The molecule has 1 heterocycles. The first kappa shape index (κ1) is 13.9. The van der Waals surface area contributed by atoms with Gasteiger partial charge in [0.1, 0.15) is 5.82 Å². The summed E-state index contributed by atoms with van der Waals surface area (Å²) < 4.78 is 13.3. The van der Waals surface area contributed by atoms with Crippen LogP contribution in [-0.2, 0) is 6.42 Å². The first-order chi connectivity index (χ1) is 9.51. The van der Waals surface area contributed by atoms with E-state index >= 15 is 0 Å². The second-order valence-electron chi connectivity index (χ2n) is 4.39. The van der Waals surface area contributed by atoms with Crippen molar-refractivity contribution in [3.63, 3.8) is 0 Å². The molecule has 0 saturated heterocycles. The molecular formula is C14H15FN4O. The van der Waals surface area contributed by atoms with E-state index in [-0.39, 0.29) is 11.6 Å². The number of carbonyl (C=O) groups excluding carboxylic acids is 1. The Labute approximate surface area is 116 Å². The van der Waals surface area contributed by atoms with E-state index in [1.165, 1.54) is 12.1 Å². The normalized spacial score (nSPS) is 10.3. The summed E-state index contributed by atoms with van der Waals surface area (Å²) in [5, 5.41) is 10.5. The third-order valence-electron chi connectivity index (χ3n) is 2.83. The molecule has 2 aromatic rings. The van der Waals surface area contributed by atoms with Crippen LogP contribution in [0.4, 0.5) is 15.8 Å². The molecule has 1 aromatic heterocycles. The number of hydrogen-bond donors (Lipinski definition) is 2. The summed E-state index contributed by atoms with van der Waals surface area (Å²) in [6.07, 6.45) is 0.589. The van der Waals surface area contributed by atoms with Crippen LogP contribution in [0.5, 0.6) is 0 Å². The quantitative estimate of drug-likeness (QED) is 0.842. The molecule has 0 aliphatic heterocycles. The molecule has 0 bridgehead atoms. The summed E-state index contributed by atoms with van der Waals surface area (Å²) in [7, 11) is 0. The summed E-state index contributed by atoms with van der Waals surface area (Å²) in [5.74, 6) is -0.911. The molecule has 2 rings (SSSR count). The maximum Gasteiger partial charge on any atom is 0.257 e. The molecule has 20 heavy (non-hydrogen) atoms. The fourth-order valence-electron chi connectivity index (χ4n) is 1.78. The molecule has 0 saturated carbocycles. The third-order valence-corrected chi connectivity index (χ3v) is 2.83. The minimum Gasteiger partial charge on any atom is -0.396 e. The minimum absolute atomic E-state index is 0.0404. The molecule has 3 N–H and O–H groups in total. The van der Waals surface area contributed by atoms with Gasteiger partial charge in [-0.1, -0.05) is 6.92 Å². The Kier molecular flexibility index (Phi) is 3.93. The van der Waals surface area contributed by atoms with E-state index in [4.69, 9.17) is 5.73 Å². The van der Waals surface area contributed by atoms with Gasteiger partial charge in [0.15, 0.2) is 0 Å². The van der Waals surface area contributed by atoms with Crippen molar-refractivity contribution in [1.29, 1.82) is 0 Å². The Morgan fingerprint density at radius 1 is 1.35 bits per heavy atom. The van der Waals surface area contributed by atoms with Gasteiger partial charge in [-0.05, 0) is 37.6 Å². The zero-order valence-electron chi connectivity index (χ0n) is 11.3. The number of anilines is 2. The smallest absolute Gasteiger partial charge is 0.257 e. The van der Waals surface area contributed by atoms with Crippen molar-refractivity contribution in [3.8, 4) is 0 Å². The van der Waals surface area contributed by atoms with Crippen molar-refractivity contribution in [1.82, 2.24) is 10.2 Å². The number of aromatic nitrogens is 2. The molecule has 0 spiro atoms. The molecule has 0 fully saturated rings. The van der Waals surface area contributed by atoms with Gasteiger partial charge in [-0.25, -0.2) is 4.39 Å². The van der Waals surface area contributed by atoms with Gasteiger partial charge in [0, 0.05) is 5.69 Å². The van der Waals surface area contributed by atoms with Crippen LogP contribution < -0.4 is 11.1 Å². The fourth-order valence-corrected chi connectivity index (χ4v) is 1.78. The second kappa shape index (κ2) is 5.64. The largest absolute Gasteiger partial charge is 0.396 e. The van der Waals surface area contributed by atoms with Gasteiger partial charge >= 0.3 is 0 Å². The number of halogens is 1. The van der Waals surface area contributed by atoms with Crippen LogP contribution in [0.3, 0.4) is 0 Å². The Bertz CT molecular complexity index is 658. The minimum atomic E-state index is -0.567. The van der Waals surface area contributed by atoms with Gasteiger partial charge in [0.2, 0.25) is 0 Å². The highest BCUT2D eigenvalue weighted by molar-refractivity contribution is 6.05. The zero-order chi connectivity index (χ0) is 14.7. The van der Waals surface area contributed by atoms with Crippen LogP contribution in [0.15, 0.2) is 24.3 Å². The van der Waals surface area contributed by atoms with Crippen molar-refractivity contribution in [2.45, 2.75) is 20.3 Å². The van der Waals surface area contributed by atoms with E-state index in [9.17, 15) is 9.18 Å². The molecule has 6 heteroatoms. The van der Waals surface area contributed by atoms with E-state index in [0.717, 1.165) is 0 Å². The number of nitrogens with two attached hydrogens (primary N) is 1. The molecule has 0 aliphatic rings. The molecule has 0 atom stereocenters. The predicted molar refractivity (Wildman–Crippen MR) is 74.9 cm³/mol. The van der Waals surface area contributed by atoms with Crippen LogP contribution in [0, 0.1) is 12.7 Å². The molecule has 5 nitrogen and oxygen atoms in total. The van der Waals surface area contributed by atoms with Gasteiger partial charge in [0.25, 0.3) is 5.91 Å². The molecule has 0 aliphatic carbocycles. The highest BCUT2D eigenvalue weighted by atomic mass is 19.1. The number of rotatable bonds is 3. The third kappa shape index (κ3) is 2.90. The first-order valence-corrected chi connectivity index (χ1v) is 6.21. The van der Waals surface area contributed by atoms with Gasteiger partial charge < -0.3 is 11.1 Å². The number of nitrogen functional groups attached to an aromatic ring is 1. The molecule has 1 amide bonds. The summed E-state index contributed by atoms with van der Waals surface area (Å²) in [4.78, 5) is 12.2. The lowest BCUT2D eigenvalue weighted by Crippen LogP contribution is -2.16. The number of nitrogens with one attached hydrogen (secondary N) is 1. The van der Waals surface area contributed by atoms with Crippen molar-refractivity contribution in [3.05, 3.63) is 47.0 Å². The Hall–Kier alpha value is -2.50. The van der Waals surface area contributed by atoms with Gasteiger partial charge in [0.05, 0.1) is 22.6 Å². The van der Waals surface area contributed by atoms with Gasteiger partial charge in [-0.2, -0.15) is 10.2 Å². The SMILES string of the molecule is CCc1nnc(C)cc1C(=O)Nc1ccc(N)c(F)c1. The number of nitrogens with zero attached hydrogens (tertiary/aromatic N) is 2. The number of aryl methyl sites for hydroxylation is 2. The monoisotopic (exact) mass is 274 g/mol. The van der Waals surface area contributed by atoms with Gasteiger partial charge in [-0.15, -0.1) is 0 Å². The lowest BCUT2D eigenvalue weighted by molar-refractivity contribution is 0.102. The maximum absolute atomic E-state index is 13.3. The highest BCUT2D eigenvalue weighted by Crippen LogP contribution is 2.17. The number of amides is 1. The molecule has 0 radical (unpaired) electrons. The Balaban J connectivity index is 2.27. The van der Waals surface area contributed by atoms with Gasteiger partial charge in [-0.3, -0.25) is 4.79 Å². The average Bonchev–Trinajstić information content (AvgIpc) is 2.43. The topological polar surface area (TPSA) is 80.9 Å². The number of carbonyl (C=O) groups is 1. The lowest BCUT2D eigenvalue weighted by Gasteiger charge is -2.09. The summed E-state index contributed by atoms with van der Waals surface area (Å²) >= 11 is 0. The summed E-state index contributed by atoms with van der Waals surface area (Å²) in [6.45, 7) is 3.64. The van der Waals surface area contributed by atoms with E-state index in [2.05, 4.69) is 15.5 Å². The Morgan fingerprint density at radius 3 is 2.75 bits per heavy atom. The second-order valence-corrected chi connectivity index (χ2v) is 4.39. The number of benzene rings is 1. The predicted octanol–water partition coefficient (Wildman–Crippen LogP) is 2.32. The van der Waals surface area contributed by atoms with E-state index in [0.29, 0.717) is 29.1 Å².